The van der Waals surface area contributed by atoms with Crippen molar-refractivity contribution in [2.45, 2.75) is 24.2 Å². The summed E-state index contributed by atoms with van der Waals surface area (Å²) in [5.41, 5.74) is 6.87. The number of nitrogens with one attached hydrogen (secondary N) is 1. The second kappa shape index (κ2) is 6.43. The average molecular weight is 299 g/mol. The Morgan fingerprint density at radius 2 is 2.10 bits per heavy atom. The first kappa shape index (κ1) is 15.1. The largest absolute Gasteiger partial charge is 0.397 e. The monoisotopic (exact) mass is 299 g/mol. The molecule has 112 valence electrons. The molecule has 20 heavy (non-hydrogen) atoms. The first-order valence-corrected chi connectivity index (χ1v) is 8.25. The minimum Gasteiger partial charge on any atom is -0.397 e. The summed E-state index contributed by atoms with van der Waals surface area (Å²) in [7, 11) is -3.70. The second-order valence-corrected chi connectivity index (χ2v) is 6.65. The Morgan fingerprint density at radius 3 is 2.70 bits per heavy atom. The van der Waals surface area contributed by atoms with Crippen molar-refractivity contribution in [3.8, 4) is 0 Å². The minimum absolute atomic E-state index is 0.0216. The molecule has 1 aromatic carbocycles. The number of hydrogen-bond donors (Lipinski definition) is 3. The summed E-state index contributed by atoms with van der Waals surface area (Å²) in [6, 6.07) is 4.43. The summed E-state index contributed by atoms with van der Waals surface area (Å²) in [6.07, 6.45) is 3.47. The van der Waals surface area contributed by atoms with E-state index in [9.17, 15) is 8.42 Å². The molecular formula is C13H21N3O3S. The molecule has 0 amide bonds. The first-order valence-electron chi connectivity index (χ1n) is 6.71. The molecule has 0 radical (unpaired) electrons. The third-order valence-electron chi connectivity index (χ3n) is 3.18. The molecule has 2 rings (SSSR count). The van der Waals surface area contributed by atoms with Crippen LogP contribution >= 0.6 is 0 Å². The van der Waals surface area contributed by atoms with Crippen molar-refractivity contribution >= 4 is 21.4 Å². The topological polar surface area (TPSA) is 107 Å². The van der Waals surface area contributed by atoms with Crippen LogP contribution in [0.15, 0.2) is 23.1 Å². The van der Waals surface area contributed by atoms with Gasteiger partial charge in [-0.3, -0.25) is 0 Å². The SMILES string of the molecule is Nc1cc(S(N)(=O)=O)ccc1NCCCOCC1CC1. The van der Waals surface area contributed by atoms with Crippen molar-refractivity contribution in [1.82, 2.24) is 0 Å². The Labute approximate surface area is 119 Å². The third-order valence-corrected chi connectivity index (χ3v) is 4.09. The van der Waals surface area contributed by atoms with Gasteiger partial charge in [-0.2, -0.15) is 0 Å². The molecule has 1 fully saturated rings. The Bertz CT molecular complexity index is 556. The lowest BCUT2D eigenvalue weighted by Gasteiger charge is -2.10. The number of ether oxygens (including phenoxy) is 1. The zero-order valence-corrected chi connectivity index (χ0v) is 12.2. The summed E-state index contributed by atoms with van der Waals surface area (Å²) in [6.45, 7) is 2.31. The lowest BCUT2D eigenvalue weighted by Crippen LogP contribution is -2.13. The van der Waals surface area contributed by atoms with Crippen LogP contribution in [0.3, 0.4) is 0 Å². The van der Waals surface area contributed by atoms with Gasteiger partial charge in [0, 0.05) is 19.8 Å². The fourth-order valence-electron chi connectivity index (χ4n) is 1.81. The van der Waals surface area contributed by atoms with Crippen molar-refractivity contribution < 1.29 is 13.2 Å². The maximum atomic E-state index is 11.2. The highest BCUT2D eigenvalue weighted by Crippen LogP contribution is 2.28. The standard InChI is InChI=1S/C13H21N3O3S/c14-12-8-11(20(15,17)18)4-5-13(12)16-6-1-7-19-9-10-2-3-10/h4-5,8,10,16H,1-3,6-7,9,14H2,(H2,15,17,18). The third kappa shape index (κ3) is 4.66. The maximum Gasteiger partial charge on any atom is 0.238 e. The van der Waals surface area contributed by atoms with Gasteiger partial charge in [0.1, 0.15) is 0 Å². The molecule has 0 saturated heterocycles. The highest BCUT2D eigenvalue weighted by molar-refractivity contribution is 7.89. The number of anilines is 2. The van der Waals surface area contributed by atoms with Gasteiger partial charge >= 0.3 is 0 Å². The number of primary sulfonamides is 1. The molecule has 1 aromatic rings. The summed E-state index contributed by atoms with van der Waals surface area (Å²) in [5.74, 6) is 0.782. The summed E-state index contributed by atoms with van der Waals surface area (Å²) < 4.78 is 27.9. The zero-order chi connectivity index (χ0) is 14.6. The van der Waals surface area contributed by atoms with E-state index in [-0.39, 0.29) is 4.90 Å². The van der Waals surface area contributed by atoms with Crippen LogP contribution in [-0.4, -0.2) is 28.2 Å². The van der Waals surface area contributed by atoms with E-state index in [1.165, 1.54) is 25.0 Å². The molecule has 0 spiro atoms. The minimum atomic E-state index is -3.70. The maximum absolute atomic E-state index is 11.2. The van der Waals surface area contributed by atoms with E-state index in [0.29, 0.717) is 11.4 Å². The quantitative estimate of drug-likeness (QED) is 0.493. The van der Waals surface area contributed by atoms with E-state index in [2.05, 4.69) is 5.32 Å². The van der Waals surface area contributed by atoms with Crippen molar-refractivity contribution in [3.05, 3.63) is 18.2 Å². The molecular weight excluding hydrogens is 278 g/mol. The van der Waals surface area contributed by atoms with Crippen molar-refractivity contribution in [2.24, 2.45) is 11.1 Å². The molecule has 5 N–H and O–H groups in total. The van der Waals surface area contributed by atoms with Crippen LogP contribution in [0.2, 0.25) is 0 Å². The summed E-state index contributed by atoms with van der Waals surface area (Å²) in [4.78, 5) is 0.0216. The highest BCUT2D eigenvalue weighted by Gasteiger charge is 2.20. The summed E-state index contributed by atoms with van der Waals surface area (Å²) >= 11 is 0. The normalized spacial score (nSPS) is 15.2. The van der Waals surface area contributed by atoms with E-state index in [1.807, 2.05) is 0 Å². The molecule has 1 aliphatic carbocycles. The van der Waals surface area contributed by atoms with Gasteiger partial charge in [0.25, 0.3) is 0 Å². The molecule has 0 aromatic heterocycles. The van der Waals surface area contributed by atoms with E-state index >= 15 is 0 Å². The Kier molecular flexibility index (Phi) is 4.85. The first-order chi connectivity index (χ1) is 9.47. The number of rotatable bonds is 8. The molecule has 0 unspecified atom stereocenters. The number of nitrogen functional groups attached to an aromatic ring is 1. The lowest BCUT2D eigenvalue weighted by molar-refractivity contribution is 0.124. The number of benzene rings is 1. The van der Waals surface area contributed by atoms with Crippen LogP contribution < -0.4 is 16.2 Å². The van der Waals surface area contributed by atoms with Gasteiger partial charge in [0.15, 0.2) is 0 Å². The van der Waals surface area contributed by atoms with Crippen molar-refractivity contribution in [3.63, 3.8) is 0 Å². The molecule has 0 heterocycles. The van der Waals surface area contributed by atoms with Crippen LogP contribution in [-0.2, 0) is 14.8 Å². The predicted molar refractivity (Wildman–Crippen MR) is 78.9 cm³/mol. The molecule has 0 atom stereocenters. The molecule has 0 aliphatic heterocycles. The van der Waals surface area contributed by atoms with Crippen LogP contribution in [0, 0.1) is 5.92 Å². The lowest BCUT2D eigenvalue weighted by atomic mass is 10.2. The van der Waals surface area contributed by atoms with Gasteiger partial charge in [0.2, 0.25) is 10.0 Å². The van der Waals surface area contributed by atoms with E-state index < -0.39 is 10.0 Å². The second-order valence-electron chi connectivity index (χ2n) is 5.09. The van der Waals surface area contributed by atoms with Gasteiger partial charge in [-0.1, -0.05) is 0 Å². The van der Waals surface area contributed by atoms with Crippen LogP contribution in [0.4, 0.5) is 11.4 Å². The number of nitrogens with two attached hydrogens (primary N) is 2. The Morgan fingerprint density at radius 1 is 1.35 bits per heavy atom. The fraction of sp³-hybridized carbons (Fsp3) is 0.538. The molecule has 1 saturated carbocycles. The molecule has 0 bridgehead atoms. The van der Waals surface area contributed by atoms with Gasteiger partial charge < -0.3 is 15.8 Å². The van der Waals surface area contributed by atoms with E-state index in [4.69, 9.17) is 15.6 Å². The van der Waals surface area contributed by atoms with Crippen molar-refractivity contribution in [1.29, 1.82) is 0 Å². The smallest absolute Gasteiger partial charge is 0.238 e. The molecule has 7 heteroatoms. The van der Waals surface area contributed by atoms with Gasteiger partial charge in [-0.15, -0.1) is 0 Å². The van der Waals surface area contributed by atoms with E-state index in [1.54, 1.807) is 6.07 Å². The zero-order valence-electron chi connectivity index (χ0n) is 11.3. The Hall–Kier alpha value is -1.31. The Balaban J connectivity index is 1.74. The van der Waals surface area contributed by atoms with E-state index in [0.717, 1.165) is 32.1 Å². The predicted octanol–water partition coefficient (Wildman–Crippen LogP) is 1.14. The van der Waals surface area contributed by atoms with Crippen LogP contribution in [0.25, 0.3) is 0 Å². The number of hydrogen-bond acceptors (Lipinski definition) is 5. The average Bonchev–Trinajstić information content (AvgIpc) is 3.18. The fourth-order valence-corrected chi connectivity index (χ4v) is 2.36. The van der Waals surface area contributed by atoms with Crippen LogP contribution in [0.5, 0.6) is 0 Å². The van der Waals surface area contributed by atoms with Gasteiger partial charge in [0.05, 0.1) is 16.3 Å². The molecule has 6 nitrogen and oxygen atoms in total. The highest BCUT2D eigenvalue weighted by atomic mass is 32.2. The van der Waals surface area contributed by atoms with Gasteiger partial charge in [-0.05, 0) is 43.4 Å². The molecule has 1 aliphatic rings. The summed E-state index contributed by atoms with van der Waals surface area (Å²) in [5, 5.41) is 8.19. The van der Waals surface area contributed by atoms with Gasteiger partial charge in [-0.25, -0.2) is 13.6 Å². The van der Waals surface area contributed by atoms with Crippen molar-refractivity contribution in [2.75, 3.05) is 30.8 Å². The van der Waals surface area contributed by atoms with Crippen LogP contribution in [0.1, 0.15) is 19.3 Å². The number of sulfonamides is 1.